The summed E-state index contributed by atoms with van der Waals surface area (Å²) in [5, 5.41) is 7.57. The van der Waals surface area contributed by atoms with Gasteiger partial charge in [0.25, 0.3) is 0 Å². The summed E-state index contributed by atoms with van der Waals surface area (Å²) in [7, 11) is 0. The topological polar surface area (TPSA) is 20.2 Å². The molecule has 0 aromatic heterocycles. The minimum atomic E-state index is 0. The maximum Gasteiger partial charge on any atom is 1.00 e. The van der Waals surface area contributed by atoms with Gasteiger partial charge in [0.2, 0.25) is 0 Å². The number of benzene rings is 1. The fourth-order valence-corrected chi connectivity index (χ4v) is 0.478. The molecule has 2 heteroatoms. The fourth-order valence-electron chi connectivity index (χ4n) is 0.478. The second-order valence-electron chi connectivity index (χ2n) is 1.80. The zero-order chi connectivity index (χ0) is 7.82. The largest absolute Gasteiger partial charge is 1.00 e. The Labute approximate surface area is 111 Å². The van der Waals surface area contributed by atoms with E-state index in [1.807, 2.05) is 30.3 Å². The van der Waals surface area contributed by atoms with Gasteiger partial charge in [0, 0.05) is 6.61 Å². The number of aliphatic hydroxyl groups excluding tert-OH is 1. The van der Waals surface area contributed by atoms with E-state index in [9.17, 15) is 0 Å². The molecule has 0 spiro atoms. The summed E-state index contributed by atoms with van der Waals surface area (Å²) in [4.78, 5) is 0. The van der Waals surface area contributed by atoms with Crippen molar-refractivity contribution in [3.63, 3.8) is 0 Å². The van der Waals surface area contributed by atoms with Crippen LogP contribution < -0.4 is 51.4 Å². The predicted octanol–water partition coefficient (Wildman–Crippen LogP) is -1.13. The maximum atomic E-state index is 7.57. The van der Waals surface area contributed by atoms with Gasteiger partial charge in [-0.1, -0.05) is 6.07 Å². The second kappa shape index (κ2) is 10.7. The maximum absolute atomic E-state index is 7.57. The van der Waals surface area contributed by atoms with Gasteiger partial charge in [0.1, 0.15) is 0 Å². The van der Waals surface area contributed by atoms with Crippen LogP contribution in [0.15, 0.2) is 30.3 Å². The molecule has 1 rings (SSSR count). The van der Waals surface area contributed by atoms with Crippen molar-refractivity contribution in [1.82, 2.24) is 0 Å². The zero-order valence-corrected chi connectivity index (χ0v) is 10.4. The Bertz CT molecular complexity index is 151. The van der Waals surface area contributed by atoms with Crippen LogP contribution in [0.25, 0.3) is 0 Å². The molecule has 0 bridgehead atoms. The van der Waals surface area contributed by atoms with Gasteiger partial charge in [-0.15, -0.1) is 12.1 Å². The molecule has 1 N–H and O–H groups in total. The van der Waals surface area contributed by atoms with Crippen molar-refractivity contribution in [2.24, 2.45) is 0 Å². The molecule has 0 saturated carbocycles. The minimum absolute atomic E-state index is 0. The fraction of sp³-hybridized carbons (Fsp3) is 0.222. The van der Waals surface area contributed by atoms with E-state index in [1.54, 1.807) is 6.92 Å². The smallest absolute Gasteiger partial charge is 0.397 e. The Balaban J connectivity index is 0. The van der Waals surface area contributed by atoms with Gasteiger partial charge in [0.05, 0.1) is 0 Å². The Hall–Kier alpha value is 0.686. The van der Waals surface area contributed by atoms with Crippen LogP contribution in [0.4, 0.5) is 0 Å². The van der Waals surface area contributed by atoms with E-state index in [-0.39, 0.29) is 58.0 Å². The van der Waals surface area contributed by atoms with Gasteiger partial charge < -0.3 is 5.11 Å². The second-order valence-corrected chi connectivity index (χ2v) is 1.80. The summed E-state index contributed by atoms with van der Waals surface area (Å²) in [6, 6.07) is 9.87. The average Bonchev–Trinajstić information content (AvgIpc) is 1.91. The molecule has 0 aliphatic heterocycles. The molecule has 0 radical (unpaired) electrons. The Morgan fingerprint density at radius 1 is 1.27 bits per heavy atom. The summed E-state index contributed by atoms with van der Waals surface area (Å²) in [5.41, 5.74) is 1.07. The van der Waals surface area contributed by atoms with Gasteiger partial charge in [-0.05, 0) is 6.92 Å². The number of rotatable bonds is 0. The van der Waals surface area contributed by atoms with E-state index in [0.717, 1.165) is 5.56 Å². The first-order valence-corrected chi connectivity index (χ1v) is 3.29. The van der Waals surface area contributed by atoms with Crippen LogP contribution in [-0.2, 0) is 0 Å². The Kier molecular flexibility index (Phi) is 13.8. The molecule has 1 aromatic carbocycles. The van der Waals surface area contributed by atoms with Gasteiger partial charge in [-0.3, -0.25) is 0 Å². The van der Waals surface area contributed by atoms with Crippen molar-refractivity contribution >= 4 is 0 Å². The molecule has 0 fully saturated rings. The summed E-state index contributed by atoms with van der Waals surface area (Å²) in [5.74, 6) is 0. The third-order valence-corrected chi connectivity index (χ3v) is 0.843. The summed E-state index contributed by atoms with van der Waals surface area (Å²) < 4.78 is 0. The number of hydrogen-bond donors (Lipinski definition) is 1. The molecule has 0 saturated heterocycles. The van der Waals surface area contributed by atoms with E-state index in [2.05, 4.69) is 6.92 Å². The quantitative estimate of drug-likeness (QED) is 0.392. The molecule has 56 valence electrons. The standard InChI is InChI=1S/C7H7.C2H6O.K/c1-7-5-3-2-4-6-7;1-2-3;/h2-6H,1H2;3H,2H2,1H3;/q-1;;+1. The van der Waals surface area contributed by atoms with Crippen molar-refractivity contribution in [2.45, 2.75) is 6.92 Å². The van der Waals surface area contributed by atoms with Gasteiger partial charge in [-0.25, -0.2) is 0 Å². The molecule has 0 atom stereocenters. The van der Waals surface area contributed by atoms with Crippen LogP contribution in [-0.4, -0.2) is 11.7 Å². The predicted molar refractivity (Wildman–Crippen MR) is 43.7 cm³/mol. The molecule has 0 aliphatic carbocycles. The Morgan fingerprint density at radius 2 is 1.64 bits per heavy atom. The first-order chi connectivity index (χ1) is 4.81. The first kappa shape index (κ1) is 14.2. The van der Waals surface area contributed by atoms with Gasteiger partial charge in [-0.2, -0.15) is 24.6 Å². The number of hydrogen-bond acceptors (Lipinski definition) is 1. The minimum Gasteiger partial charge on any atom is -0.397 e. The van der Waals surface area contributed by atoms with Crippen molar-refractivity contribution in [3.05, 3.63) is 42.8 Å². The Morgan fingerprint density at radius 3 is 1.82 bits per heavy atom. The van der Waals surface area contributed by atoms with Crippen molar-refractivity contribution < 1.29 is 56.5 Å². The van der Waals surface area contributed by atoms with Crippen LogP contribution in [0.3, 0.4) is 0 Å². The molecular weight excluding hydrogens is 163 g/mol. The summed E-state index contributed by atoms with van der Waals surface area (Å²) >= 11 is 0. The molecule has 1 nitrogen and oxygen atoms in total. The van der Waals surface area contributed by atoms with Crippen molar-refractivity contribution in [1.29, 1.82) is 0 Å². The van der Waals surface area contributed by atoms with E-state index in [1.165, 1.54) is 0 Å². The monoisotopic (exact) mass is 176 g/mol. The van der Waals surface area contributed by atoms with Crippen LogP contribution in [0.2, 0.25) is 0 Å². The molecule has 0 aliphatic rings. The number of aliphatic hydroxyl groups is 1. The zero-order valence-electron chi connectivity index (χ0n) is 7.25. The van der Waals surface area contributed by atoms with Crippen molar-refractivity contribution in [3.8, 4) is 0 Å². The SMILES string of the molecule is CCO.[CH2-]c1ccccc1.[K+]. The van der Waals surface area contributed by atoms with Crippen LogP contribution in [0, 0.1) is 6.92 Å². The molecule has 11 heavy (non-hydrogen) atoms. The van der Waals surface area contributed by atoms with Crippen molar-refractivity contribution in [2.75, 3.05) is 6.61 Å². The van der Waals surface area contributed by atoms with Crippen LogP contribution >= 0.6 is 0 Å². The molecule has 0 amide bonds. The molecule has 0 unspecified atom stereocenters. The molecule has 0 heterocycles. The first-order valence-electron chi connectivity index (χ1n) is 3.29. The summed E-state index contributed by atoms with van der Waals surface area (Å²) in [6.07, 6.45) is 0. The molecular formula is C9H13KO. The third kappa shape index (κ3) is 10.7. The summed E-state index contributed by atoms with van der Waals surface area (Å²) in [6.45, 7) is 5.65. The van der Waals surface area contributed by atoms with E-state index in [0.29, 0.717) is 0 Å². The van der Waals surface area contributed by atoms with Gasteiger partial charge >= 0.3 is 51.4 Å². The van der Waals surface area contributed by atoms with Crippen LogP contribution in [0.5, 0.6) is 0 Å². The van der Waals surface area contributed by atoms with Crippen LogP contribution in [0.1, 0.15) is 12.5 Å². The third-order valence-electron chi connectivity index (χ3n) is 0.843. The van der Waals surface area contributed by atoms with E-state index in [4.69, 9.17) is 5.11 Å². The van der Waals surface area contributed by atoms with E-state index < -0.39 is 0 Å². The van der Waals surface area contributed by atoms with E-state index >= 15 is 0 Å². The average molecular weight is 176 g/mol. The molecule has 1 aromatic rings. The normalized spacial score (nSPS) is 7.09. The van der Waals surface area contributed by atoms with Gasteiger partial charge in [0.15, 0.2) is 0 Å².